The van der Waals surface area contributed by atoms with Crippen LogP contribution < -0.4 is 16.8 Å². The predicted molar refractivity (Wildman–Crippen MR) is 178 cm³/mol. The van der Waals surface area contributed by atoms with Crippen molar-refractivity contribution in [3.63, 3.8) is 0 Å². The normalized spacial score (nSPS) is 11.2. The summed E-state index contributed by atoms with van der Waals surface area (Å²) in [7, 11) is 0. The Morgan fingerprint density at radius 3 is 1.90 bits per heavy atom. The highest BCUT2D eigenvalue weighted by molar-refractivity contribution is 6.09. The first-order chi connectivity index (χ1) is 23.6. The van der Waals surface area contributed by atoms with E-state index in [9.17, 15) is 37.5 Å². The summed E-state index contributed by atoms with van der Waals surface area (Å²) < 4.78 is 33.8. The minimum Gasteiger partial charge on any atom is -0.479 e. The summed E-state index contributed by atoms with van der Waals surface area (Å²) >= 11 is 0. The molecule has 0 bridgehead atoms. The van der Waals surface area contributed by atoms with E-state index in [1.807, 2.05) is 53.2 Å². The number of Topliss-reactive ketones (excluding diaryl/α,β-unsaturated/α-hetero) is 1. The average molecular weight is 691 g/mol. The number of carboxylic acids is 2. The second-order valence-corrected chi connectivity index (χ2v) is 10.7. The van der Waals surface area contributed by atoms with Crippen molar-refractivity contribution < 1.29 is 47.4 Å². The van der Waals surface area contributed by atoms with Crippen molar-refractivity contribution in [2.45, 2.75) is 32.2 Å². The Balaban J connectivity index is 0.000000228. The quantitative estimate of drug-likeness (QED) is 0.128. The Bertz CT molecular complexity index is 1980. The number of rotatable bonds is 9. The number of hydrogen-bond donors (Lipinski definition) is 5. The molecule has 0 saturated heterocycles. The highest BCUT2D eigenvalue weighted by Crippen LogP contribution is 2.24. The van der Waals surface area contributed by atoms with Crippen LogP contribution in [0.3, 0.4) is 0 Å². The van der Waals surface area contributed by atoms with Gasteiger partial charge in [-0.15, -0.1) is 0 Å². The molecule has 1 heterocycles. The predicted octanol–water partition coefficient (Wildman–Crippen LogP) is 5.33. The summed E-state index contributed by atoms with van der Waals surface area (Å²) in [5.41, 5.74) is 15.7. The molecule has 14 heteroatoms. The number of hydrogen-bond acceptors (Lipinski definition) is 6. The van der Waals surface area contributed by atoms with E-state index in [2.05, 4.69) is 5.32 Å². The number of carbonyl (C=O) groups excluding carboxylic acids is 3. The molecule has 0 fully saturated rings. The van der Waals surface area contributed by atoms with Gasteiger partial charge in [0, 0.05) is 46.9 Å². The van der Waals surface area contributed by atoms with Crippen LogP contribution in [0.1, 0.15) is 60.7 Å². The summed E-state index contributed by atoms with van der Waals surface area (Å²) in [4.78, 5) is 55.7. The van der Waals surface area contributed by atoms with E-state index in [1.165, 1.54) is 6.92 Å². The molecule has 7 N–H and O–H groups in total. The molecule has 50 heavy (non-hydrogen) atoms. The monoisotopic (exact) mass is 690 g/mol. The lowest BCUT2D eigenvalue weighted by atomic mass is 10.1. The SMILES string of the molecule is CC(=O)c1cn(Cc2ccccc2)c2ccc(C(N)=O)cc12.NCc1cccc(C(=O)N[C@@H](C(=O)O)c2ccccc2)c1.O=C(O)C(F)(F)F. The average Bonchev–Trinajstić information content (AvgIpc) is 3.45. The highest BCUT2D eigenvalue weighted by Gasteiger charge is 2.38. The van der Waals surface area contributed by atoms with E-state index < -0.39 is 36.0 Å². The highest BCUT2D eigenvalue weighted by atomic mass is 19.4. The van der Waals surface area contributed by atoms with E-state index in [0.717, 1.165) is 22.0 Å². The Kier molecular flexibility index (Phi) is 13.1. The molecular formula is C36H33F3N4O7. The molecule has 11 nitrogen and oxygen atoms in total. The van der Waals surface area contributed by atoms with Crippen LogP contribution in [0.15, 0.2) is 109 Å². The van der Waals surface area contributed by atoms with E-state index in [4.69, 9.17) is 21.4 Å². The van der Waals surface area contributed by atoms with Gasteiger partial charge in [0.25, 0.3) is 5.91 Å². The van der Waals surface area contributed by atoms with Crippen molar-refractivity contribution in [1.82, 2.24) is 9.88 Å². The van der Waals surface area contributed by atoms with Gasteiger partial charge in [-0.3, -0.25) is 14.4 Å². The van der Waals surface area contributed by atoms with Gasteiger partial charge >= 0.3 is 18.1 Å². The lowest BCUT2D eigenvalue weighted by Crippen LogP contribution is -2.33. The molecule has 260 valence electrons. The summed E-state index contributed by atoms with van der Waals surface area (Å²) in [5, 5.41) is 19.7. The molecular weight excluding hydrogens is 657 g/mol. The van der Waals surface area contributed by atoms with Gasteiger partial charge in [0.2, 0.25) is 5.91 Å². The number of carboxylic acid groups (broad SMARTS) is 2. The number of alkyl halides is 3. The third kappa shape index (κ3) is 10.6. The lowest BCUT2D eigenvalue weighted by Gasteiger charge is -2.15. The van der Waals surface area contributed by atoms with Gasteiger partial charge in [-0.1, -0.05) is 72.8 Å². The zero-order valence-corrected chi connectivity index (χ0v) is 26.6. The standard InChI is InChI=1S/C18H16N2O2.C16H16N2O3.C2HF3O2/c1-12(21)16-11-20(10-13-5-3-2-4-6-13)17-8-7-14(18(19)22)9-15(16)17;17-10-11-5-4-8-13(9-11)15(19)18-14(16(20)21)12-6-2-1-3-7-12;3-2(4,5)1(6)7/h2-9,11H,10H2,1H3,(H2,19,22);1-9,14H,10,17H2,(H,18,19)(H,20,21);(H,6,7)/t;14-;/m.1./s1. The number of nitrogens with two attached hydrogens (primary N) is 2. The molecule has 1 aromatic heterocycles. The minimum absolute atomic E-state index is 0.0292. The molecule has 0 unspecified atom stereocenters. The van der Waals surface area contributed by atoms with E-state index in [0.29, 0.717) is 35.3 Å². The van der Waals surface area contributed by atoms with Crippen LogP contribution in [0.2, 0.25) is 0 Å². The summed E-state index contributed by atoms with van der Waals surface area (Å²) in [5.74, 6) is -4.83. The van der Waals surface area contributed by atoms with E-state index in [-0.39, 0.29) is 5.78 Å². The minimum atomic E-state index is -5.08. The Hall–Kier alpha value is -6.28. The number of aromatic nitrogens is 1. The zero-order chi connectivity index (χ0) is 37.0. The molecule has 5 aromatic rings. The number of aliphatic carboxylic acids is 2. The molecule has 2 amide bonds. The molecule has 4 aromatic carbocycles. The van der Waals surface area contributed by atoms with Gasteiger partial charge in [0.05, 0.1) is 0 Å². The van der Waals surface area contributed by atoms with Crippen molar-refractivity contribution in [3.8, 4) is 0 Å². The molecule has 0 radical (unpaired) electrons. The summed E-state index contributed by atoms with van der Waals surface area (Å²) in [6.45, 7) is 2.52. The number of nitrogens with zero attached hydrogens (tertiary/aromatic N) is 1. The van der Waals surface area contributed by atoms with E-state index >= 15 is 0 Å². The van der Waals surface area contributed by atoms with Crippen LogP contribution in [0.25, 0.3) is 10.9 Å². The van der Waals surface area contributed by atoms with Crippen molar-refractivity contribution in [1.29, 1.82) is 0 Å². The molecule has 1 atom stereocenters. The second kappa shape index (κ2) is 17.2. The van der Waals surface area contributed by atoms with Gasteiger partial charge in [0.1, 0.15) is 0 Å². The van der Waals surface area contributed by atoms with Gasteiger partial charge in [0.15, 0.2) is 11.8 Å². The molecule has 0 saturated carbocycles. The maximum atomic E-state index is 12.2. The molecule has 0 spiro atoms. The number of carbonyl (C=O) groups is 5. The van der Waals surface area contributed by atoms with Crippen LogP contribution in [-0.4, -0.2) is 50.5 Å². The summed E-state index contributed by atoms with van der Waals surface area (Å²) in [6, 6.07) is 29.5. The van der Waals surface area contributed by atoms with Crippen molar-refractivity contribution in [2.24, 2.45) is 11.5 Å². The first-order valence-corrected chi connectivity index (χ1v) is 14.8. The molecule has 0 aliphatic carbocycles. The molecule has 0 aliphatic heterocycles. The van der Waals surface area contributed by atoms with Gasteiger partial charge in [-0.2, -0.15) is 13.2 Å². The van der Waals surface area contributed by atoms with Crippen molar-refractivity contribution >= 4 is 40.4 Å². The number of amides is 2. The largest absolute Gasteiger partial charge is 0.490 e. The van der Waals surface area contributed by atoms with Crippen molar-refractivity contribution in [2.75, 3.05) is 0 Å². The van der Waals surface area contributed by atoms with Gasteiger partial charge in [-0.05, 0) is 53.9 Å². The first kappa shape index (κ1) is 38.2. The van der Waals surface area contributed by atoms with Crippen LogP contribution in [0.4, 0.5) is 13.2 Å². The topological polar surface area (TPSA) is 195 Å². The Morgan fingerprint density at radius 2 is 1.38 bits per heavy atom. The summed E-state index contributed by atoms with van der Waals surface area (Å²) in [6.07, 6.45) is -3.25. The van der Waals surface area contributed by atoms with Crippen LogP contribution in [0.5, 0.6) is 0 Å². The Labute approximate surface area is 283 Å². The van der Waals surface area contributed by atoms with E-state index in [1.54, 1.807) is 60.7 Å². The third-order valence-corrected chi connectivity index (χ3v) is 7.06. The first-order valence-electron chi connectivity index (χ1n) is 14.8. The third-order valence-electron chi connectivity index (χ3n) is 7.06. The maximum Gasteiger partial charge on any atom is 0.490 e. The van der Waals surface area contributed by atoms with Crippen LogP contribution >= 0.6 is 0 Å². The fraction of sp³-hybridized carbons (Fsp3) is 0.139. The number of nitrogens with one attached hydrogen (secondary N) is 1. The fourth-order valence-corrected chi connectivity index (χ4v) is 4.63. The van der Waals surface area contributed by atoms with Gasteiger partial charge < -0.3 is 31.6 Å². The number of ketones is 1. The van der Waals surface area contributed by atoms with Gasteiger partial charge in [-0.25, -0.2) is 9.59 Å². The number of benzene rings is 4. The molecule has 0 aliphatic rings. The van der Waals surface area contributed by atoms with Crippen molar-refractivity contribution in [3.05, 3.63) is 143 Å². The smallest absolute Gasteiger partial charge is 0.479 e. The number of fused-ring (bicyclic) bond motifs is 1. The lowest BCUT2D eigenvalue weighted by molar-refractivity contribution is -0.192. The number of halogens is 3. The van der Waals surface area contributed by atoms with Crippen LogP contribution in [0, 0.1) is 0 Å². The Morgan fingerprint density at radius 1 is 0.800 bits per heavy atom. The maximum absolute atomic E-state index is 12.2. The van der Waals surface area contributed by atoms with Crippen LogP contribution in [-0.2, 0) is 22.7 Å². The fourth-order valence-electron chi connectivity index (χ4n) is 4.63. The number of primary amides is 1. The zero-order valence-electron chi connectivity index (χ0n) is 26.6. The second-order valence-electron chi connectivity index (χ2n) is 10.7. The molecule has 5 rings (SSSR count).